The van der Waals surface area contributed by atoms with Crippen molar-refractivity contribution in [1.29, 1.82) is 0 Å². The van der Waals surface area contributed by atoms with E-state index in [0.29, 0.717) is 6.04 Å². The molecule has 0 amide bonds. The van der Waals surface area contributed by atoms with Gasteiger partial charge in [-0.05, 0) is 24.3 Å². The van der Waals surface area contributed by atoms with Crippen molar-refractivity contribution in [2.24, 2.45) is 0 Å². The van der Waals surface area contributed by atoms with Crippen LogP contribution >= 0.6 is 0 Å². The number of pyridine rings is 1. The second-order valence-electron chi connectivity index (χ2n) is 6.89. The molecule has 0 atom stereocenters. The van der Waals surface area contributed by atoms with Gasteiger partial charge in [-0.1, -0.05) is 55.1 Å². The van der Waals surface area contributed by atoms with Crippen LogP contribution in [-0.4, -0.2) is 13.1 Å². The Morgan fingerprint density at radius 3 is 2.65 bits per heavy atom. The van der Waals surface area contributed by atoms with Crippen LogP contribution in [-0.2, 0) is 0 Å². The van der Waals surface area contributed by atoms with Crippen LogP contribution in [0.25, 0.3) is 33.2 Å². The van der Waals surface area contributed by atoms with Gasteiger partial charge in [0.1, 0.15) is 11.2 Å². The highest BCUT2D eigenvalue weighted by Crippen LogP contribution is 2.34. The average molecular weight is 318 g/mol. The summed E-state index contributed by atoms with van der Waals surface area (Å²) in [6, 6.07) is 16.6. The van der Waals surface area contributed by atoms with E-state index < -0.39 is 8.07 Å². The van der Waals surface area contributed by atoms with E-state index in [4.69, 9.17) is 5.79 Å². The van der Waals surface area contributed by atoms with Gasteiger partial charge in [0.25, 0.3) is 0 Å². The van der Waals surface area contributed by atoms with Gasteiger partial charge in [0.2, 0.25) is 0 Å². The first-order chi connectivity index (χ1) is 11.4. The van der Waals surface area contributed by atoms with Gasteiger partial charge in [0.15, 0.2) is 0 Å². The molecule has 0 aliphatic carbocycles. The number of para-hydroxylation sites is 1. The second kappa shape index (κ2) is 5.07. The minimum absolute atomic E-state index is 0.453. The fourth-order valence-electron chi connectivity index (χ4n) is 2.94. The molecular formula is C20H19NOSi. The first-order valence-corrected chi connectivity index (χ1v) is 11.3. The minimum atomic E-state index is -1.38. The molecule has 3 heteroatoms. The van der Waals surface area contributed by atoms with E-state index in [2.05, 4.69) is 48.9 Å². The second-order valence-corrected chi connectivity index (χ2v) is 12.0. The summed E-state index contributed by atoms with van der Waals surface area (Å²) in [4.78, 5) is 4.41. The maximum absolute atomic E-state index is 7.83. The molecule has 23 heavy (non-hydrogen) atoms. The largest absolute Gasteiger partial charge is 0.455 e. The molecule has 0 unspecified atom stereocenters. The van der Waals surface area contributed by atoms with Crippen molar-refractivity contribution in [2.75, 3.05) is 0 Å². The summed E-state index contributed by atoms with van der Waals surface area (Å²) in [5.41, 5.74) is 3.46. The Bertz CT molecular complexity index is 1060. The van der Waals surface area contributed by atoms with Crippen molar-refractivity contribution in [1.82, 2.24) is 4.98 Å². The normalized spacial score (nSPS) is 12.7. The van der Waals surface area contributed by atoms with Gasteiger partial charge in [-0.25, -0.2) is 0 Å². The molecule has 0 N–H and O–H groups in total. The molecule has 2 aromatic heterocycles. The van der Waals surface area contributed by atoms with Crippen LogP contribution in [0, 0.1) is 0 Å². The zero-order chi connectivity index (χ0) is 16.9. The van der Waals surface area contributed by atoms with E-state index >= 15 is 0 Å². The van der Waals surface area contributed by atoms with Crippen LogP contribution in [0.5, 0.6) is 0 Å². The molecule has 2 heterocycles. The maximum Gasteiger partial charge on any atom is 0.144 e. The third kappa shape index (κ3) is 2.37. The number of aromatic nitrogens is 1. The number of benzene rings is 2. The molecule has 0 fully saturated rings. The zero-order valence-corrected chi connectivity index (χ0v) is 14.6. The van der Waals surface area contributed by atoms with E-state index in [1.165, 1.54) is 5.19 Å². The van der Waals surface area contributed by atoms with Gasteiger partial charge in [0.05, 0.1) is 15.1 Å². The number of furan rings is 1. The summed E-state index contributed by atoms with van der Waals surface area (Å²) in [5.74, 6) is 0. The molecule has 0 radical (unpaired) electrons. The molecule has 2 nitrogen and oxygen atoms in total. The van der Waals surface area contributed by atoms with Crippen LogP contribution in [0.3, 0.4) is 0 Å². The van der Waals surface area contributed by atoms with Crippen LogP contribution in [0.1, 0.15) is 1.37 Å². The molecule has 4 aromatic rings. The van der Waals surface area contributed by atoms with Crippen molar-refractivity contribution < 1.29 is 5.79 Å². The molecule has 4 rings (SSSR count). The number of hydrogen-bond donors (Lipinski definition) is 0. The number of fused-ring (bicyclic) bond motifs is 3. The lowest BCUT2D eigenvalue weighted by atomic mass is 10.1. The standard InChI is InChI=1S/C20H19NOSi/c1-23(2,3)14-10-11-19-17(13-14)15-7-6-8-16(20(15)22-19)18-9-4-5-12-21-18/h4-13H,1-3H3/i4D. The molecule has 0 aliphatic rings. The quantitative estimate of drug-likeness (QED) is 0.475. The maximum atomic E-state index is 7.83. The predicted molar refractivity (Wildman–Crippen MR) is 99.9 cm³/mol. The number of rotatable bonds is 2. The van der Waals surface area contributed by atoms with Gasteiger partial charge in [-0.3, -0.25) is 4.98 Å². The monoisotopic (exact) mass is 318 g/mol. The molecular weight excluding hydrogens is 298 g/mol. The molecule has 2 aromatic carbocycles. The van der Waals surface area contributed by atoms with Gasteiger partial charge in [-0.2, -0.15) is 0 Å². The third-order valence-corrected chi connectivity index (χ3v) is 6.29. The van der Waals surface area contributed by atoms with Crippen LogP contribution < -0.4 is 5.19 Å². The number of nitrogens with zero attached hydrogens (tertiary/aromatic N) is 1. The highest BCUT2D eigenvalue weighted by atomic mass is 28.3. The Balaban J connectivity index is 2.02. The SMILES string of the molecule is [2H]c1ccnc(-c2cccc3c2oc2ccc([Si](C)(C)C)cc23)c1. The highest BCUT2D eigenvalue weighted by molar-refractivity contribution is 6.88. The summed E-state index contributed by atoms with van der Waals surface area (Å²) in [5, 5.41) is 3.70. The van der Waals surface area contributed by atoms with Gasteiger partial charge >= 0.3 is 0 Å². The molecule has 114 valence electrons. The smallest absolute Gasteiger partial charge is 0.144 e. The molecule has 0 saturated heterocycles. The Morgan fingerprint density at radius 2 is 1.87 bits per heavy atom. The lowest BCUT2D eigenvalue weighted by Gasteiger charge is -2.16. The van der Waals surface area contributed by atoms with Crippen LogP contribution in [0.2, 0.25) is 19.6 Å². The van der Waals surface area contributed by atoms with Crippen LogP contribution in [0.4, 0.5) is 0 Å². The Hall–Kier alpha value is -2.39. The summed E-state index contributed by atoms with van der Waals surface area (Å²) in [6.07, 6.45) is 1.67. The average Bonchev–Trinajstić information content (AvgIpc) is 2.91. The Kier molecular flexibility index (Phi) is 2.88. The minimum Gasteiger partial charge on any atom is -0.455 e. The highest BCUT2D eigenvalue weighted by Gasteiger charge is 2.19. The van der Waals surface area contributed by atoms with E-state index in [-0.39, 0.29) is 0 Å². The Morgan fingerprint density at radius 1 is 1.00 bits per heavy atom. The number of hydrogen-bond acceptors (Lipinski definition) is 2. The van der Waals surface area contributed by atoms with Crippen molar-refractivity contribution in [2.45, 2.75) is 19.6 Å². The Labute approximate surface area is 138 Å². The van der Waals surface area contributed by atoms with E-state index in [1.807, 2.05) is 12.1 Å². The predicted octanol–water partition coefficient (Wildman–Crippen LogP) is 5.19. The first kappa shape index (κ1) is 13.1. The third-order valence-electron chi connectivity index (χ3n) is 4.24. The van der Waals surface area contributed by atoms with Crippen LogP contribution in [0.15, 0.2) is 65.2 Å². The van der Waals surface area contributed by atoms with Gasteiger partial charge in [-0.15, -0.1) is 0 Å². The summed E-state index contributed by atoms with van der Waals surface area (Å²) >= 11 is 0. The van der Waals surface area contributed by atoms with Crippen molar-refractivity contribution in [3.8, 4) is 11.3 Å². The van der Waals surface area contributed by atoms with Crippen molar-refractivity contribution in [3.63, 3.8) is 0 Å². The lowest BCUT2D eigenvalue weighted by molar-refractivity contribution is 0.670. The summed E-state index contributed by atoms with van der Waals surface area (Å²) < 4.78 is 14.0. The zero-order valence-electron chi connectivity index (χ0n) is 14.6. The first-order valence-electron chi connectivity index (χ1n) is 8.32. The topological polar surface area (TPSA) is 26.0 Å². The van der Waals surface area contributed by atoms with E-state index in [0.717, 1.165) is 33.2 Å². The van der Waals surface area contributed by atoms with Gasteiger partial charge < -0.3 is 4.42 Å². The summed E-state index contributed by atoms with van der Waals surface area (Å²) in [6.45, 7) is 7.06. The fraction of sp³-hybridized carbons (Fsp3) is 0.150. The van der Waals surface area contributed by atoms with E-state index in [9.17, 15) is 0 Å². The van der Waals surface area contributed by atoms with Crippen molar-refractivity contribution in [3.05, 3.63) is 60.8 Å². The molecule has 0 saturated carbocycles. The molecule has 0 bridgehead atoms. The lowest BCUT2D eigenvalue weighted by Crippen LogP contribution is -2.37. The molecule has 0 aliphatic heterocycles. The fourth-order valence-corrected chi connectivity index (χ4v) is 4.10. The van der Waals surface area contributed by atoms with Gasteiger partial charge in [0, 0.05) is 22.5 Å². The molecule has 0 spiro atoms. The van der Waals surface area contributed by atoms with E-state index in [1.54, 1.807) is 18.3 Å². The van der Waals surface area contributed by atoms with Crippen molar-refractivity contribution >= 4 is 35.2 Å². The summed E-state index contributed by atoms with van der Waals surface area (Å²) in [7, 11) is -1.38.